The molecule has 4 nitrogen and oxygen atoms in total. The lowest BCUT2D eigenvalue weighted by atomic mass is 10.3. The van der Waals surface area contributed by atoms with Crippen LogP contribution in [0, 0.1) is 0 Å². The summed E-state index contributed by atoms with van der Waals surface area (Å²) in [7, 11) is 0. The van der Waals surface area contributed by atoms with Gasteiger partial charge in [0.05, 0.1) is 0 Å². The van der Waals surface area contributed by atoms with Crippen molar-refractivity contribution in [1.29, 1.82) is 0 Å². The molecule has 1 N–H and O–H groups in total. The van der Waals surface area contributed by atoms with Gasteiger partial charge in [0.15, 0.2) is 0 Å². The molecule has 15 heavy (non-hydrogen) atoms. The third-order valence-corrected chi connectivity index (χ3v) is 2.32. The van der Waals surface area contributed by atoms with Gasteiger partial charge in [-0.1, -0.05) is 13.3 Å². The fourth-order valence-electron chi connectivity index (χ4n) is 1.50. The zero-order valence-corrected chi connectivity index (χ0v) is 9.87. The van der Waals surface area contributed by atoms with Crippen molar-refractivity contribution < 1.29 is 0 Å². The molecule has 1 aliphatic heterocycles. The van der Waals surface area contributed by atoms with Gasteiger partial charge in [0.25, 0.3) is 0 Å². The summed E-state index contributed by atoms with van der Waals surface area (Å²) in [5.41, 5.74) is 0. The van der Waals surface area contributed by atoms with Gasteiger partial charge in [-0.3, -0.25) is 4.99 Å². The molecule has 0 aromatic rings. The molecule has 0 radical (unpaired) electrons. The lowest BCUT2D eigenvalue weighted by Crippen LogP contribution is -2.46. The van der Waals surface area contributed by atoms with Gasteiger partial charge in [-0.2, -0.15) is 0 Å². The second kappa shape index (κ2) is 7.40. The van der Waals surface area contributed by atoms with Gasteiger partial charge in [0, 0.05) is 38.9 Å². The average molecular weight is 210 g/mol. The molecular weight excluding hydrogens is 188 g/mol. The van der Waals surface area contributed by atoms with Gasteiger partial charge in [-0.15, -0.1) is 0 Å². The minimum absolute atomic E-state index is 0.808. The van der Waals surface area contributed by atoms with E-state index >= 15 is 0 Å². The van der Waals surface area contributed by atoms with Gasteiger partial charge in [0.2, 0.25) is 5.96 Å². The van der Waals surface area contributed by atoms with Gasteiger partial charge in [0.1, 0.15) is 0 Å². The highest BCUT2D eigenvalue weighted by molar-refractivity contribution is 5.87. The summed E-state index contributed by atoms with van der Waals surface area (Å²) in [6, 6.07) is 0. The standard InChI is InChI=1S/C11H22N4/c1-3-5-6-14-11(13-4-2)15-9-7-12-8-10-15/h6,12H,3-5,7-10H2,1-2H3. The molecule has 0 bridgehead atoms. The Kier molecular flexibility index (Phi) is 6.00. The van der Waals surface area contributed by atoms with Crippen molar-refractivity contribution in [1.82, 2.24) is 10.2 Å². The normalized spacial score (nSPS) is 18.8. The largest absolute Gasteiger partial charge is 0.339 e. The van der Waals surface area contributed by atoms with Gasteiger partial charge >= 0.3 is 0 Å². The maximum absolute atomic E-state index is 4.45. The summed E-state index contributed by atoms with van der Waals surface area (Å²) in [5.74, 6) is 0.910. The van der Waals surface area contributed by atoms with Crippen LogP contribution in [0.4, 0.5) is 0 Å². The van der Waals surface area contributed by atoms with Crippen molar-refractivity contribution >= 4 is 12.2 Å². The lowest BCUT2D eigenvalue weighted by molar-refractivity contribution is 0.353. The predicted molar refractivity (Wildman–Crippen MR) is 65.8 cm³/mol. The summed E-state index contributed by atoms with van der Waals surface area (Å²) >= 11 is 0. The first-order valence-electron chi connectivity index (χ1n) is 5.91. The topological polar surface area (TPSA) is 40.0 Å². The van der Waals surface area contributed by atoms with Crippen LogP contribution in [0.3, 0.4) is 0 Å². The van der Waals surface area contributed by atoms with Crippen molar-refractivity contribution in [2.75, 3.05) is 32.7 Å². The van der Waals surface area contributed by atoms with Crippen LogP contribution in [0.2, 0.25) is 0 Å². The molecule has 1 fully saturated rings. The van der Waals surface area contributed by atoms with E-state index in [9.17, 15) is 0 Å². The van der Waals surface area contributed by atoms with Crippen molar-refractivity contribution in [2.24, 2.45) is 9.98 Å². The Hall–Kier alpha value is -0.900. The van der Waals surface area contributed by atoms with Crippen LogP contribution < -0.4 is 5.32 Å². The molecule has 0 aliphatic carbocycles. The number of aliphatic imine (C=N–C) groups is 2. The van der Waals surface area contributed by atoms with E-state index in [4.69, 9.17) is 0 Å². The van der Waals surface area contributed by atoms with Crippen molar-refractivity contribution in [3.05, 3.63) is 0 Å². The Morgan fingerprint density at radius 1 is 1.33 bits per heavy atom. The monoisotopic (exact) mass is 210 g/mol. The van der Waals surface area contributed by atoms with Crippen LogP contribution in [0.15, 0.2) is 9.98 Å². The average Bonchev–Trinajstić information content (AvgIpc) is 2.29. The van der Waals surface area contributed by atoms with Crippen LogP contribution in [0.1, 0.15) is 26.7 Å². The van der Waals surface area contributed by atoms with Crippen molar-refractivity contribution in [3.8, 4) is 0 Å². The molecule has 0 spiro atoms. The quantitative estimate of drug-likeness (QED) is 0.560. The zero-order chi connectivity index (χ0) is 10.9. The van der Waals surface area contributed by atoms with E-state index in [0.717, 1.165) is 51.5 Å². The maximum Gasteiger partial charge on any atom is 0.220 e. The first-order valence-corrected chi connectivity index (χ1v) is 5.91. The third-order valence-electron chi connectivity index (χ3n) is 2.32. The lowest BCUT2D eigenvalue weighted by Gasteiger charge is -2.28. The fourth-order valence-corrected chi connectivity index (χ4v) is 1.50. The molecule has 0 saturated carbocycles. The minimum Gasteiger partial charge on any atom is -0.339 e. The summed E-state index contributed by atoms with van der Waals surface area (Å²) in [6.07, 6.45) is 4.16. The summed E-state index contributed by atoms with van der Waals surface area (Å²) in [6.45, 7) is 9.12. The van der Waals surface area contributed by atoms with Crippen LogP contribution in [-0.4, -0.2) is 49.8 Å². The number of piperazine rings is 1. The number of hydrogen-bond acceptors (Lipinski definition) is 2. The first kappa shape index (κ1) is 12.2. The molecule has 1 saturated heterocycles. The highest BCUT2D eigenvalue weighted by Gasteiger charge is 2.12. The number of nitrogens with zero attached hydrogens (tertiary/aromatic N) is 3. The Morgan fingerprint density at radius 2 is 2.07 bits per heavy atom. The SMILES string of the molecule is CCCC=NC(=NCC)N1CCNCC1. The number of rotatable bonds is 3. The molecule has 0 unspecified atom stereocenters. The minimum atomic E-state index is 0.808. The Morgan fingerprint density at radius 3 is 2.67 bits per heavy atom. The van der Waals surface area contributed by atoms with Crippen LogP contribution in [-0.2, 0) is 0 Å². The van der Waals surface area contributed by atoms with E-state index in [2.05, 4.69) is 34.0 Å². The van der Waals surface area contributed by atoms with E-state index < -0.39 is 0 Å². The summed E-state index contributed by atoms with van der Waals surface area (Å²) in [5, 5.41) is 3.33. The smallest absolute Gasteiger partial charge is 0.220 e. The van der Waals surface area contributed by atoms with Crippen molar-refractivity contribution in [3.63, 3.8) is 0 Å². The van der Waals surface area contributed by atoms with Gasteiger partial charge < -0.3 is 10.2 Å². The second-order valence-electron chi connectivity index (χ2n) is 3.61. The molecule has 1 aliphatic rings. The number of hydrogen-bond donors (Lipinski definition) is 1. The van der Waals surface area contributed by atoms with Crippen LogP contribution in [0.25, 0.3) is 0 Å². The molecule has 4 heteroatoms. The molecule has 1 heterocycles. The molecule has 86 valence electrons. The van der Waals surface area contributed by atoms with E-state index in [1.165, 1.54) is 0 Å². The molecule has 0 aromatic carbocycles. The number of unbranched alkanes of at least 4 members (excludes halogenated alkanes) is 1. The Bertz CT molecular complexity index is 217. The van der Waals surface area contributed by atoms with Crippen molar-refractivity contribution in [2.45, 2.75) is 26.7 Å². The van der Waals surface area contributed by atoms with E-state index in [1.54, 1.807) is 0 Å². The maximum atomic E-state index is 4.45. The summed E-state index contributed by atoms with van der Waals surface area (Å²) in [4.78, 5) is 11.1. The van der Waals surface area contributed by atoms with E-state index in [1.807, 2.05) is 6.21 Å². The Balaban J connectivity index is 2.52. The van der Waals surface area contributed by atoms with Crippen LogP contribution >= 0.6 is 0 Å². The summed E-state index contributed by atoms with van der Waals surface area (Å²) < 4.78 is 0. The number of nitrogens with one attached hydrogen (secondary N) is 1. The molecule has 0 atom stereocenters. The highest BCUT2D eigenvalue weighted by Crippen LogP contribution is 1.97. The third kappa shape index (κ3) is 4.42. The second-order valence-corrected chi connectivity index (χ2v) is 3.61. The first-order chi connectivity index (χ1) is 7.38. The molecule has 0 amide bonds. The Labute approximate surface area is 92.5 Å². The van der Waals surface area contributed by atoms with E-state index in [-0.39, 0.29) is 0 Å². The predicted octanol–water partition coefficient (Wildman–Crippen LogP) is 1.14. The van der Waals surface area contributed by atoms with E-state index in [0.29, 0.717) is 0 Å². The van der Waals surface area contributed by atoms with Gasteiger partial charge in [-0.05, 0) is 13.3 Å². The molecule has 1 rings (SSSR count). The van der Waals surface area contributed by atoms with Gasteiger partial charge in [-0.25, -0.2) is 4.99 Å². The zero-order valence-electron chi connectivity index (χ0n) is 9.87. The number of guanidine groups is 1. The molecule has 0 aromatic heterocycles. The molecular formula is C11H22N4. The highest BCUT2D eigenvalue weighted by atomic mass is 15.3. The van der Waals surface area contributed by atoms with Crippen LogP contribution in [0.5, 0.6) is 0 Å². The fraction of sp³-hybridized carbons (Fsp3) is 0.818.